The van der Waals surface area contributed by atoms with Crippen LogP contribution in [0, 0.1) is 11.7 Å². The molecule has 0 radical (unpaired) electrons. The lowest BCUT2D eigenvalue weighted by molar-refractivity contribution is 0.0700. The van der Waals surface area contributed by atoms with Crippen molar-refractivity contribution in [2.45, 2.75) is 42.9 Å². The van der Waals surface area contributed by atoms with E-state index in [0.29, 0.717) is 18.7 Å². The Balaban J connectivity index is 1.88. The third-order valence-electron chi connectivity index (χ3n) is 5.24. The maximum absolute atomic E-state index is 14.6. The molecule has 0 bridgehead atoms. The summed E-state index contributed by atoms with van der Waals surface area (Å²) >= 11 is 1.29. The Labute approximate surface area is 174 Å². The van der Waals surface area contributed by atoms with Gasteiger partial charge in [-0.1, -0.05) is 31.4 Å². The maximum atomic E-state index is 14.6. The first-order valence-corrected chi connectivity index (χ1v) is 14.1. The lowest BCUT2D eigenvalue weighted by atomic mass is 9.86. The molecule has 0 spiro atoms. The van der Waals surface area contributed by atoms with Crippen molar-refractivity contribution in [3.8, 4) is 0 Å². The van der Waals surface area contributed by atoms with E-state index in [0.717, 1.165) is 10.9 Å². The lowest BCUT2D eigenvalue weighted by Gasteiger charge is -2.34. The van der Waals surface area contributed by atoms with Crippen molar-refractivity contribution in [2.24, 2.45) is 10.9 Å². The van der Waals surface area contributed by atoms with Gasteiger partial charge in [0.15, 0.2) is 5.17 Å². The second-order valence-corrected chi connectivity index (χ2v) is 15.6. The number of thioether (sulfide) groups is 1. The molecular formula is C19H27F2N3O3SSi. The Kier molecular flexibility index (Phi) is 6.26. The summed E-state index contributed by atoms with van der Waals surface area (Å²) in [5.41, 5.74) is 4.73. The van der Waals surface area contributed by atoms with Crippen LogP contribution >= 0.6 is 11.8 Å². The Morgan fingerprint density at radius 2 is 2.21 bits per heavy atom. The van der Waals surface area contributed by atoms with E-state index in [-0.39, 0.29) is 28.6 Å². The number of halogens is 2. The minimum absolute atomic E-state index is 0.0112. The summed E-state index contributed by atoms with van der Waals surface area (Å²) in [6, 6.07) is 4.91. The molecule has 10 heteroatoms. The number of ether oxygens (including phenoxy) is 1. The zero-order valence-corrected chi connectivity index (χ0v) is 18.6. The third-order valence-corrected chi connectivity index (χ3v) is 8.29. The molecule has 1 aromatic rings. The second-order valence-electron chi connectivity index (χ2n) is 8.75. The minimum atomic E-state index is -1.46. The van der Waals surface area contributed by atoms with E-state index in [1.807, 2.05) is 0 Å². The Hall–Kier alpha value is -1.65. The molecule has 3 rings (SSSR count). The number of hydrogen-bond donors (Lipinski definition) is 2. The molecule has 160 valence electrons. The Bertz CT molecular complexity index is 820. The molecule has 1 aromatic carbocycles. The number of amides is 1. The number of nitrogens with zero attached hydrogens (tertiary/aromatic N) is 2. The number of anilines is 1. The van der Waals surface area contributed by atoms with Crippen LogP contribution in [0.4, 0.5) is 19.3 Å². The fraction of sp³-hybridized carbons (Fsp3) is 0.579. The highest BCUT2D eigenvalue weighted by molar-refractivity contribution is 8.14. The van der Waals surface area contributed by atoms with E-state index < -0.39 is 32.2 Å². The van der Waals surface area contributed by atoms with Crippen molar-refractivity contribution in [3.05, 3.63) is 29.6 Å². The van der Waals surface area contributed by atoms with Gasteiger partial charge in [0, 0.05) is 37.1 Å². The van der Waals surface area contributed by atoms with E-state index in [4.69, 9.17) is 10.5 Å². The van der Waals surface area contributed by atoms with Crippen LogP contribution in [-0.2, 0) is 10.3 Å². The number of alkyl halides is 1. The molecule has 0 saturated heterocycles. The largest absolute Gasteiger partial charge is 0.465 e. The minimum Gasteiger partial charge on any atom is -0.465 e. The number of aliphatic imine (C=N–C) groups is 1. The highest BCUT2D eigenvalue weighted by Gasteiger charge is 2.59. The van der Waals surface area contributed by atoms with Gasteiger partial charge in [-0.2, -0.15) is 0 Å². The number of amidine groups is 1. The molecular weight excluding hydrogens is 416 g/mol. The summed E-state index contributed by atoms with van der Waals surface area (Å²) in [7, 11) is -1.31. The van der Waals surface area contributed by atoms with E-state index >= 15 is 0 Å². The maximum Gasteiger partial charge on any atom is 0.415 e. The molecule has 1 saturated carbocycles. The first kappa shape index (κ1) is 22.0. The van der Waals surface area contributed by atoms with Crippen molar-refractivity contribution in [2.75, 3.05) is 25.7 Å². The van der Waals surface area contributed by atoms with Crippen LogP contribution in [0.1, 0.15) is 12.0 Å². The van der Waals surface area contributed by atoms with Gasteiger partial charge >= 0.3 is 6.09 Å². The molecule has 3 N–H and O–H groups in total. The van der Waals surface area contributed by atoms with Crippen LogP contribution in [-0.4, -0.2) is 54.6 Å². The number of benzene rings is 1. The number of nitrogens with two attached hydrogens (primary N) is 1. The highest BCUT2D eigenvalue weighted by atomic mass is 32.2. The van der Waals surface area contributed by atoms with Gasteiger partial charge in [-0.3, -0.25) is 0 Å². The summed E-state index contributed by atoms with van der Waals surface area (Å²) in [4.78, 5) is 17.3. The first-order chi connectivity index (χ1) is 13.6. The van der Waals surface area contributed by atoms with Crippen molar-refractivity contribution in [3.63, 3.8) is 0 Å². The zero-order chi connectivity index (χ0) is 21.4. The summed E-state index contributed by atoms with van der Waals surface area (Å²) < 4.78 is 34.5. The summed E-state index contributed by atoms with van der Waals surface area (Å²) in [6.45, 7) is 5.94. The normalized spacial score (nSPS) is 25.9. The van der Waals surface area contributed by atoms with Crippen LogP contribution in [0.5, 0.6) is 0 Å². The smallest absolute Gasteiger partial charge is 0.415 e. The van der Waals surface area contributed by atoms with Crippen LogP contribution in [0.15, 0.2) is 23.2 Å². The van der Waals surface area contributed by atoms with Crippen LogP contribution in [0.25, 0.3) is 0 Å². The number of carboxylic acid groups (broad SMARTS) is 1. The van der Waals surface area contributed by atoms with E-state index in [9.17, 15) is 18.7 Å². The van der Waals surface area contributed by atoms with Gasteiger partial charge in [-0.05, 0) is 30.7 Å². The van der Waals surface area contributed by atoms with Crippen LogP contribution < -0.4 is 5.73 Å². The molecule has 1 fully saturated rings. The van der Waals surface area contributed by atoms with E-state index in [1.54, 1.807) is 0 Å². The molecule has 1 aliphatic carbocycles. The summed E-state index contributed by atoms with van der Waals surface area (Å²) in [6.07, 6.45) is -0.594. The summed E-state index contributed by atoms with van der Waals surface area (Å²) in [5.74, 6) is -0.785. The SMILES string of the molecule is C[Si](C)(C)CCOCN(C(=O)O)C1=N[C@](CF)(c2cc(N)ccc2F)[C@@H]2C[C@@H]2S1. The predicted octanol–water partition coefficient (Wildman–Crippen LogP) is 4.36. The molecule has 1 heterocycles. The van der Waals surface area contributed by atoms with Crippen molar-refractivity contribution in [1.82, 2.24) is 4.90 Å². The number of hydrogen-bond acceptors (Lipinski definition) is 5. The fourth-order valence-electron chi connectivity index (χ4n) is 3.41. The molecule has 3 atom stereocenters. The fourth-order valence-corrected chi connectivity index (χ4v) is 5.60. The second kappa shape index (κ2) is 8.23. The van der Waals surface area contributed by atoms with Crippen molar-refractivity contribution < 1.29 is 23.4 Å². The van der Waals surface area contributed by atoms with Crippen LogP contribution in [0.3, 0.4) is 0 Å². The monoisotopic (exact) mass is 443 g/mol. The topological polar surface area (TPSA) is 88.1 Å². The third kappa shape index (κ3) is 4.75. The van der Waals surface area contributed by atoms with Gasteiger partial charge in [0.2, 0.25) is 0 Å². The quantitative estimate of drug-likeness (QED) is 0.283. The lowest BCUT2D eigenvalue weighted by Crippen LogP contribution is -2.43. The number of rotatable bonds is 7. The van der Waals surface area contributed by atoms with Crippen molar-refractivity contribution in [1.29, 1.82) is 0 Å². The van der Waals surface area contributed by atoms with Crippen LogP contribution in [0.2, 0.25) is 25.7 Å². The number of nitrogen functional groups attached to an aromatic ring is 1. The average Bonchev–Trinajstić information content (AvgIpc) is 3.41. The van der Waals surface area contributed by atoms with Gasteiger partial charge in [-0.25, -0.2) is 23.5 Å². The average molecular weight is 444 g/mol. The Morgan fingerprint density at radius 1 is 1.48 bits per heavy atom. The number of carbonyl (C=O) groups is 1. The molecule has 6 nitrogen and oxygen atoms in total. The molecule has 0 unspecified atom stereocenters. The van der Waals surface area contributed by atoms with Gasteiger partial charge < -0.3 is 15.6 Å². The molecule has 1 amide bonds. The molecule has 2 aliphatic rings. The standard InChI is InChI=1S/C19H27F2N3O3SSi/c1-29(2,3)7-6-27-11-24(18(25)26)17-23-19(10-20,14-9-16(14)28-17)13-8-12(22)4-5-15(13)21/h4-5,8,14,16H,6-7,9-11,22H2,1-3H3,(H,25,26)/t14-,16+,19-/m1/s1. The number of fused-ring (bicyclic) bond motifs is 1. The van der Waals surface area contributed by atoms with Gasteiger partial charge in [0.1, 0.15) is 24.8 Å². The van der Waals surface area contributed by atoms with Crippen molar-refractivity contribution >= 4 is 36.8 Å². The molecule has 29 heavy (non-hydrogen) atoms. The van der Waals surface area contributed by atoms with Gasteiger partial charge in [0.25, 0.3) is 0 Å². The van der Waals surface area contributed by atoms with E-state index in [2.05, 4.69) is 24.6 Å². The molecule has 0 aromatic heterocycles. The van der Waals surface area contributed by atoms with Gasteiger partial charge in [0.05, 0.1) is 0 Å². The predicted molar refractivity (Wildman–Crippen MR) is 114 cm³/mol. The highest BCUT2D eigenvalue weighted by Crippen LogP contribution is 2.59. The van der Waals surface area contributed by atoms with E-state index in [1.165, 1.54) is 30.0 Å². The summed E-state index contributed by atoms with van der Waals surface area (Å²) in [5, 5.41) is 9.80. The molecule has 1 aliphatic heterocycles. The Morgan fingerprint density at radius 3 is 2.83 bits per heavy atom. The zero-order valence-electron chi connectivity index (χ0n) is 16.8. The first-order valence-electron chi connectivity index (χ1n) is 9.53. The van der Waals surface area contributed by atoms with Gasteiger partial charge in [-0.15, -0.1) is 0 Å².